The minimum absolute atomic E-state index is 0.139. The Morgan fingerprint density at radius 2 is 2.11 bits per heavy atom. The van der Waals surface area contributed by atoms with Crippen LogP contribution in [0.15, 0.2) is 0 Å². The average Bonchev–Trinajstić information content (AvgIpc) is 2.99. The number of carbonyl (C=O) groups is 1. The first kappa shape index (κ1) is 14.6. The Hall–Kier alpha value is -0.780. The first-order valence-corrected chi connectivity index (χ1v) is 6.97. The minimum atomic E-state index is -4.47. The van der Waals surface area contributed by atoms with Crippen LogP contribution in [0.2, 0.25) is 0 Å². The summed E-state index contributed by atoms with van der Waals surface area (Å²) < 4.78 is 40.0. The lowest BCUT2D eigenvalue weighted by molar-refractivity contribution is -0.221. The maximum Gasteiger partial charge on any atom is 0.404 e. The second-order valence-electron chi connectivity index (χ2n) is 5.70. The maximum absolute atomic E-state index is 13.3. The normalized spacial score (nSPS) is 27.6. The van der Waals surface area contributed by atoms with Crippen molar-refractivity contribution in [2.24, 2.45) is 11.3 Å². The number of hydrogen-bond donors (Lipinski definition) is 1. The zero-order valence-corrected chi connectivity index (χ0v) is 11.2. The van der Waals surface area contributed by atoms with Gasteiger partial charge in [-0.25, -0.2) is 0 Å². The lowest BCUT2D eigenvalue weighted by Gasteiger charge is -2.35. The van der Waals surface area contributed by atoms with Crippen molar-refractivity contribution in [3.63, 3.8) is 0 Å². The first-order chi connectivity index (χ1) is 8.90. The van der Waals surface area contributed by atoms with Crippen LogP contribution in [-0.4, -0.2) is 43.2 Å². The van der Waals surface area contributed by atoms with Crippen LogP contribution in [0.1, 0.15) is 32.6 Å². The predicted octanol–water partition coefficient (Wildman–Crippen LogP) is 2.18. The number of halogens is 3. The van der Waals surface area contributed by atoms with E-state index in [9.17, 15) is 18.0 Å². The molecule has 2 aliphatic rings. The van der Waals surface area contributed by atoms with E-state index in [2.05, 4.69) is 5.32 Å². The molecule has 0 spiro atoms. The standard InChI is InChI=1S/C13H21F3N2O/c1-2-7-18(8-10-3-4-10)11(19)12(13(14,15)16)5-6-17-9-12/h10,17H,2-9H2,1H3. The van der Waals surface area contributed by atoms with E-state index in [0.717, 1.165) is 12.8 Å². The van der Waals surface area contributed by atoms with Crippen molar-refractivity contribution in [2.75, 3.05) is 26.2 Å². The predicted molar refractivity (Wildman–Crippen MR) is 65.6 cm³/mol. The summed E-state index contributed by atoms with van der Waals surface area (Å²) in [4.78, 5) is 13.9. The van der Waals surface area contributed by atoms with E-state index >= 15 is 0 Å². The van der Waals surface area contributed by atoms with Crippen molar-refractivity contribution in [3.8, 4) is 0 Å². The van der Waals surface area contributed by atoms with E-state index in [1.54, 1.807) is 0 Å². The van der Waals surface area contributed by atoms with Gasteiger partial charge in [0.1, 0.15) is 0 Å². The molecule has 0 aromatic rings. The van der Waals surface area contributed by atoms with Crippen molar-refractivity contribution < 1.29 is 18.0 Å². The maximum atomic E-state index is 13.3. The zero-order chi connectivity index (χ0) is 14.1. The fourth-order valence-corrected chi connectivity index (χ4v) is 2.70. The van der Waals surface area contributed by atoms with Gasteiger partial charge >= 0.3 is 6.18 Å². The largest absolute Gasteiger partial charge is 0.404 e. The van der Waals surface area contributed by atoms with Gasteiger partial charge in [-0.05, 0) is 38.1 Å². The molecule has 3 nitrogen and oxygen atoms in total. The van der Waals surface area contributed by atoms with Gasteiger partial charge in [0.2, 0.25) is 5.91 Å². The molecule has 1 saturated heterocycles. The molecular formula is C13H21F3N2O. The highest BCUT2D eigenvalue weighted by atomic mass is 19.4. The summed E-state index contributed by atoms with van der Waals surface area (Å²) in [5.41, 5.74) is -2.20. The van der Waals surface area contributed by atoms with Gasteiger partial charge in [-0.1, -0.05) is 6.92 Å². The van der Waals surface area contributed by atoms with Gasteiger partial charge in [-0.15, -0.1) is 0 Å². The molecule has 110 valence electrons. The fraction of sp³-hybridized carbons (Fsp3) is 0.923. The second kappa shape index (κ2) is 5.31. The topological polar surface area (TPSA) is 32.3 Å². The molecule has 1 atom stereocenters. The number of nitrogens with zero attached hydrogens (tertiary/aromatic N) is 1. The van der Waals surface area contributed by atoms with Crippen LogP contribution >= 0.6 is 0 Å². The van der Waals surface area contributed by atoms with E-state index in [0.29, 0.717) is 25.4 Å². The SMILES string of the molecule is CCCN(CC1CC1)C(=O)C1(C(F)(F)F)CCNC1. The first-order valence-electron chi connectivity index (χ1n) is 6.97. The molecule has 19 heavy (non-hydrogen) atoms. The van der Waals surface area contributed by atoms with Crippen LogP contribution in [0.3, 0.4) is 0 Å². The monoisotopic (exact) mass is 278 g/mol. The Morgan fingerprint density at radius 1 is 1.42 bits per heavy atom. The van der Waals surface area contributed by atoms with Gasteiger partial charge in [-0.3, -0.25) is 4.79 Å². The minimum Gasteiger partial charge on any atom is -0.342 e. The Labute approximate surface area is 111 Å². The quantitative estimate of drug-likeness (QED) is 0.836. The summed E-state index contributed by atoms with van der Waals surface area (Å²) in [6, 6.07) is 0. The zero-order valence-electron chi connectivity index (χ0n) is 11.2. The second-order valence-corrected chi connectivity index (χ2v) is 5.70. The highest BCUT2D eigenvalue weighted by Gasteiger charge is 2.62. The molecule has 0 radical (unpaired) electrons. The van der Waals surface area contributed by atoms with E-state index < -0.39 is 17.5 Å². The highest BCUT2D eigenvalue weighted by molar-refractivity contribution is 5.84. The number of carbonyl (C=O) groups excluding carboxylic acids is 1. The summed E-state index contributed by atoms with van der Waals surface area (Å²) in [7, 11) is 0. The van der Waals surface area contributed by atoms with Crippen molar-refractivity contribution in [2.45, 2.75) is 38.8 Å². The number of rotatable bonds is 5. The van der Waals surface area contributed by atoms with E-state index in [1.165, 1.54) is 4.90 Å². The molecule has 2 rings (SSSR count). The summed E-state index contributed by atoms with van der Waals surface area (Å²) in [5.74, 6) is -0.311. The fourth-order valence-electron chi connectivity index (χ4n) is 2.70. The van der Waals surface area contributed by atoms with Crippen molar-refractivity contribution in [1.82, 2.24) is 10.2 Å². The Kier molecular flexibility index (Phi) is 4.08. The summed E-state index contributed by atoms with van der Waals surface area (Å²) in [6.45, 7) is 2.78. The van der Waals surface area contributed by atoms with Crippen LogP contribution in [0.4, 0.5) is 13.2 Å². The molecule has 1 aliphatic heterocycles. The number of amides is 1. The van der Waals surface area contributed by atoms with Crippen molar-refractivity contribution in [3.05, 3.63) is 0 Å². The molecule has 1 N–H and O–H groups in total. The Balaban J connectivity index is 2.16. The van der Waals surface area contributed by atoms with Crippen molar-refractivity contribution >= 4 is 5.91 Å². The molecule has 0 bridgehead atoms. The van der Waals surface area contributed by atoms with Crippen LogP contribution in [0.25, 0.3) is 0 Å². The molecule has 1 unspecified atom stereocenters. The van der Waals surface area contributed by atoms with Crippen molar-refractivity contribution in [1.29, 1.82) is 0 Å². The Morgan fingerprint density at radius 3 is 2.53 bits per heavy atom. The van der Waals surface area contributed by atoms with Gasteiger partial charge in [0.05, 0.1) is 0 Å². The Bertz CT molecular complexity index is 333. The molecular weight excluding hydrogens is 257 g/mol. The molecule has 1 heterocycles. The summed E-state index contributed by atoms with van der Waals surface area (Å²) in [6.07, 6.45) is -1.85. The lowest BCUT2D eigenvalue weighted by Crippen LogP contribution is -2.54. The highest BCUT2D eigenvalue weighted by Crippen LogP contribution is 2.45. The molecule has 2 fully saturated rings. The van der Waals surface area contributed by atoms with Crippen LogP contribution in [0.5, 0.6) is 0 Å². The van der Waals surface area contributed by atoms with E-state index in [4.69, 9.17) is 0 Å². The van der Waals surface area contributed by atoms with E-state index in [1.807, 2.05) is 6.92 Å². The van der Waals surface area contributed by atoms with Crippen LogP contribution < -0.4 is 5.32 Å². The smallest absolute Gasteiger partial charge is 0.342 e. The average molecular weight is 278 g/mol. The van der Waals surface area contributed by atoms with Crippen LogP contribution in [0, 0.1) is 11.3 Å². The number of nitrogens with one attached hydrogen (secondary N) is 1. The third-order valence-corrected chi connectivity index (χ3v) is 4.06. The number of alkyl halides is 3. The molecule has 6 heteroatoms. The molecule has 1 amide bonds. The molecule has 0 aromatic heterocycles. The van der Waals surface area contributed by atoms with Gasteiger partial charge in [0, 0.05) is 19.6 Å². The van der Waals surface area contributed by atoms with Gasteiger partial charge in [-0.2, -0.15) is 13.2 Å². The lowest BCUT2D eigenvalue weighted by atomic mass is 9.84. The van der Waals surface area contributed by atoms with Gasteiger partial charge < -0.3 is 10.2 Å². The third kappa shape index (κ3) is 2.88. The molecule has 1 saturated carbocycles. The third-order valence-electron chi connectivity index (χ3n) is 4.06. The summed E-state index contributed by atoms with van der Waals surface area (Å²) >= 11 is 0. The molecule has 1 aliphatic carbocycles. The van der Waals surface area contributed by atoms with Gasteiger partial charge in [0.25, 0.3) is 0 Å². The van der Waals surface area contributed by atoms with Gasteiger partial charge in [0.15, 0.2) is 5.41 Å². The van der Waals surface area contributed by atoms with E-state index in [-0.39, 0.29) is 19.5 Å². The van der Waals surface area contributed by atoms with Crippen LogP contribution in [-0.2, 0) is 4.79 Å². The number of hydrogen-bond acceptors (Lipinski definition) is 2. The summed E-state index contributed by atoms with van der Waals surface area (Å²) in [5, 5.41) is 2.70. The molecule has 0 aromatic carbocycles.